The highest BCUT2D eigenvalue weighted by molar-refractivity contribution is 4.55. The predicted octanol–water partition coefficient (Wildman–Crippen LogP) is 5.54. The largest absolute Gasteiger partial charge is 0.317 e. The maximum Gasteiger partial charge on any atom is -0.00489 e. The number of unbranched alkanes of at least 4 members (excludes halogenated alkanes) is 6. The highest BCUT2D eigenvalue weighted by Crippen LogP contribution is 2.17. The minimum Gasteiger partial charge on any atom is -0.317 e. The van der Waals surface area contributed by atoms with E-state index in [1.54, 1.807) is 0 Å². The van der Waals surface area contributed by atoms with Crippen molar-refractivity contribution >= 4 is 0 Å². The molecular weight excluding hydrogens is 218 g/mol. The fourth-order valence-electron chi connectivity index (χ4n) is 2.46. The molecule has 0 rings (SSSR count). The van der Waals surface area contributed by atoms with Gasteiger partial charge in [-0.15, -0.1) is 0 Å². The van der Waals surface area contributed by atoms with Crippen LogP contribution in [0.2, 0.25) is 0 Å². The van der Waals surface area contributed by atoms with Gasteiger partial charge in [0.2, 0.25) is 0 Å². The van der Waals surface area contributed by atoms with Crippen molar-refractivity contribution < 1.29 is 0 Å². The van der Waals surface area contributed by atoms with Crippen molar-refractivity contribution in [3.8, 4) is 0 Å². The molecule has 0 fully saturated rings. The lowest BCUT2D eigenvalue weighted by molar-refractivity contribution is 0.434. The second-order valence-corrected chi connectivity index (χ2v) is 5.91. The summed E-state index contributed by atoms with van der Waals surface area (Å²) in [7, 11) is 0. The van der Waals surface area contributed by atoms with Gasteiger partial charge in [0.15, 0.2) is 0 Å². The van der Waals surface area contributed by atoms with Gasteiger partial charge in [0.25, 0.3) is 0 Å². The summed E-state index contributed by atoms with van der Waals surface area (Å²) in [4.78, 5) is 0. The Hall–Kier alpha value is -0.0400. The molecular formula is C17H37N. The van der Waals surface area contributed by atoms with Gasteiger partial charge < -0.3 is 5.32 Å². The summed E-state index contributed by atoms with van der Waals surface area (Å²) in [6.45, 7) is 9.37. The minimum absolute atomic E-state index is 0.958. The molecule has 0 aliphatic rings. The molecule has 0 bridgehead atoms. The first kappa shape index (κ1) is 18.0. The third-order valence-electron chi connectivity index (χ3n) is 3.78. The van der Waals surface area contributed by atoms with Crippen molar-refractivity contribution in [2.75, 3.05) is 13.1 Å². The Morgan fingerprint density at radius 1 is 0.667 bits per heavy atom. The normalized spacial score (nSPS) is 12.8. The number of hydrogen-bond acceptors (Lipinski definition) is 1. The maximum atomic E-state index is 3.47. The maximum absolute atomic E-state index is 3.47. The van der Waals surface area contributed by atoms with E-state index >= 15 is 0 Å². The summed E-state index contributed by atoms with van der Waals surface area (Å²) in [5.74, 6) is 0.958. The monoisotopic (exact) mass is 255 g/mol. The molecule has 0 aliphatic heterocycles. The van der Waals surface area contributed by atoms with E-state index in [4.69, 9.17) is 0 Å². The van der Waals surface area contributed by atoms with E-state index in [-0.39, 0.29) is 0 Å². The van der Waals surface area contributed by atoms with Crippen LogP contribution in [-0.2, 0) is 0 Å². The molecule has 0 heterocycles. The van der Waals surface area contributed by atoms with Crippen LogP contribution in [0.4, 0.5) is 0 Å². The minimum atomic E-state index is 0.958. The number of rotatable bonds is 14. The van der Waals surface area contributed by atoms with Crippen LogP contribution in [0.25, 0.3) is 0 Å². The van der Waals surface area contributed by atoms with E-state index in [1.165, 1.54) is 83.7 Å². The summed E-state index contributed by atoms with van der Waals surface area (Å²) in [6, 6.07) is 0. The molecule has 1 nitrogen and oxygen atoms in total. The molecule has 110 valence electrons. The van der Waals surface area contributed by atoms with E-state index in [0.29, 0.717) is 0 Å². The molecule has 0 aliphatic carbocycles. The van der Waals surface area contributed by atoms with Gasteiger partial charge in [0.05, 0.1) is 0 Å². The van der Waals surface area contributed by atoms with E-state index in [0.717, 1.165) is 5.92 Å². The highest BCUT2D eigenvalue weighted by atomic mass is 14.8. The van der Waals surface area contributed by atoms with E-state index in [1.807, 2.05) is 0 Å². The van der Waals surface area contributed by atoms with Gasteiger partial charge in [0, 0.05) is 0 Å². The molecule has 0 amide bonds. The molecule has 1 heteroatoms. The average molecular weight is 255 g/mol. The number of hydrogen-bond donors (Lipinski definition) is 1. The zero-order chi connectivity index (χ0) is 13.5. The molecule has 0 aromatic heterocycles. The Bertz CT molecular complexity index is 145. The molecule has 0 saturated carbocycles. The van der Waals surface area contributed by atoms with Crippen LogP contribution in [0, 0.1) is 5.92 Å². The summed E-state index contributed by atoms with van der Waals surface area (Å²) >= 11 is 0. The van der Waals surface area contributed by atoms with Crippen molar-refractivity contribution in [1.29, 1.82) is 0 Å². The van der Waals surface area contributed by atoms with Gasteiger partial charge in [-0.2, -0.15) is 0 Å². The fraction of sp³-hybridized carbons (Fsp3) is 1.00. The smallest absolute Gasteiger partial charge is 0.00489 e. The Balaban J connectivity index is 3.08. The molecule has 0 aromatic carbocycles. The summed E-state index contributed by atoms with van der Waals surface area (Å²) in [5.41, 5.74) is 0. The van der Waals surface area contributed by atoms with Crippen molar-refractivity contribution in [3.63, 3.8) is 0 Å². The zero-order valence-electron chi connectivity index (χ0n) is 13.3. The molecule has 0 radical (unpaired) electrons. The molecule has 1 atom stereocenters. The molecule has 1 unspecified atom stereocenters. The average Bonchev–Trinajstić information content (AvgIpc) is 2.38. The van der Waals surface area contributed by atoms with E-state index in [9.17, 15) is 0 Å². The van der Waals surface area contributed by atoms with Crippen molar-refractivity contribution in [1.82, 2.24) is 5.32 Å². The lowest BCUT2D eigenvalue weighted by Crippen LogP contribution is -2.15. The van der Waals surface area contributed by atoms with Crippen LogP contribution in [-0.4, -0.2) is 13.1 Å². The van der Waals surface area contributed by atoms with Gasteiger partial charge in [0.1, 0.15) is 0 Å². The van der Waals surface area contributed by atoms with Gasteiger partial charge in [-0.3, -0.25) is 0 Å². The van der Waals surface area contributed by atoms with Crippen LogP contribution in [0.1, 0.15) is 91.4 Å². The lowest BCUT2D eigenvalue weighted by Gasteiger charge is -2.10. The highest BCUT2D eigenvalue weighted by Gasteiger charge is 2.01. The second-order valence-electron chi connectivity index (χ2n) is 5.91. The van der Waals surface area contributed by atoms with Crippen LogP contribution < -0.4 is 5.32 Å². The third-order valence-corrected chi connectivity index (χ3v) is 3.78. The lowest BCUT2D eigenvalue weighted by atomic mass is 9.96. The van der Waals surface area contributed by atoms with Gasteiger partial charge in [-0.25, -0.2) is 0 Å². The first-order valence-corrected chi connectivity index (χ1v) is 8.52. The van der Waals surface area contributed by atoms with E-state index in [2.05, 4.69) is 26.1 Å². The molecule has 0 spiro atoms. The standard InChI is InChI=1S/C17H37N/c1-4-6-7-10-13-17(3)14-11-8-9-12-16-18-15-5-2/h17-18H,4-16H2,1-3H3. The SMILES string of the molecule is CCCCCCC(C)CCCCCCNCCC. The number of nitrogens with one attached hydrogen (secondary N) is 1. The Labute approximate surface area is 116 Å². The molecule has 18 heavy (non-hydrogen) atoms. The first-order chi connectivity index (χ1) is 8.81. The molecule has 0 saturated heterocycles. The predicted molar refractivity (Wildman–Crippen MR) is 84.2 cm³/mol. The third kappa shape index (κ3) is 14.0. The topological polar surface area (TPSA) is 12.0 Å². The second kappa shape index (κ2) is 15.0. The van der Waals surface area contributed by atoms with Crippen molar-refractivity contribution in [3.05, 3.63) is 0 Å². The van der Waals surface area contributed by atoms with Crippen LogP contribution >= 0.6 is 0 Å². The van der Waals surface area contributed by atoms with Crippen molar-refractivity contribution in [2.45, 2.75) is 91.4 Å². The Morgan fingerprint density at radius 2 is 1.28 bits per heavy atom. The van der Waals surface area contributed by atoms with E-state index < -0.39 is 0 Å². The zero-order valence-corrected chi connectivity index (χ0v) is 13.3. The summed E-state index contributed by atoms with van der Waals surface area (Å²) < 4.78 is 0. The van der Waals surface area contributed by atoms with Crippen LogP contribution in [0.3, 0.4) is 0 Å². The first-order valence-electron chi connectivity index (χ1n) is 8.52. The fourth-order valence-corrected chi connectivity index (χ4v) is 2.46. The Morgan fingerprint density at radius 3 is 1.89 bits per heavy atom. The Kier molecular flexibility index (Phi) is 15.0. The molecule has 0 aromatic rings. The van der Waals surface area contributed by atoms with Gasteiger partial charge in [-0.1, -0.05) is 78.6 Å². The van der Waals surface area contributed by atoms with Crippen LogP contribution in [0.15, 0.2) is 0 Å². The summed E-state index contributed by atoms with van der Waals surface area (Å²) in [5, 5.41) is 3.47. The van der Waals surface area contributed by atoms with Gasteiger partial charge >= 0.3 is 0 Å². The molecule has 1 N–H and O–H groups in total. The summed E-state index contributed by atoms with van der Waals surface area (Å²) in [6.07, 6.45) is 15.5. The van der Waals surface area contributed by atoms with Crippen molar-refractivity contribution in [2.24, 2.45) is 5.92 Å². The van der Waals surface area contributed by atoms with Gasteiger partial charge in [-0.05, 0) is 31.8 Å². The quantitative estimate of drug-likeness (QED) is 0.402. The van der Waals surface area contributed by atoms with Crippen LogP contribution in [0.5, 0.6) is 0 Å².